The lowest BCUT2D eigenvalue weighted by molar-refractivity contribution is 0.341. The van der Waals surface area contributed by atoms with Gasteiger partial charge in [-0.1, -0.05) is 19.1 Å². The van der Waals surface area contributed by atoms with E-state index in [-0.39, 0.29) is 0 Å². The highest BCUT2D eigenvalue weighted by atomic mass is 32.1. The molecule has 0 unspecified atom stereocenters. The van der Waals surface area contributed by atoms with Crippen molar-refractivity contribution in [2.24, 2.45) is 0 Å². The Bertz CT molecular complexity index is 699. The Hall–Kier alpha value is -1.81. The van der Waals surface area contributed by atoms with Crippen LogP contribution in [0.4, 0.5) is 0 Å². The first-order valence-electron chi connectivity index (χ1n) is 6.52. The highest BCUT2D eigenvalue weighted by Gasteiger charge is 2.16. The van der Waals surface area contributed by atoms with Crippen LogP contribution in [0.1, 0.15) is 18.7 Å². The number of para-hydroxylation sites is 1. The van der Waals surface area contributed by atoms with Gasteiger partial charge < -0.3 is 4.74 Å². The third-order valence-corrected chi connectivity index (χ3v) is 4.30. The molecule has 3 rings (SSSR count). The van der Waals surface area contributed by atoms with E-state index in [4.69, 9.17) is 4.74 Å². The largest absolute Gasteiger partial charge is 0.493 e. The van der Waals surface area contributed by atoms with Crippen molar-refractivity contribution in [1.82, 2.24) is 9.38 Å². The van der Waals surface area contributed by atoms with Gasteiger partial charge in [0.15, 0.2) is 4.96 Å². The number of hydrogen-bond donors (Lipinski definition) is 0. The van der Waals surface area contributed by atoms with Gasteiger partial charge in [0.2, 0.25) is 0 Å². The molecule has 3 aromatic rings. The Kier molecular flexibility index (Phi) is 3.25. The van der Waals surface area contributed by atoms with Gasteiger partial charge in [-0.25, -0.2) is 4.98 Å². The summed E-state index contributed by atoms with van der Waals surface area (Å²) < 4.78 is 7.91. The molecule has 98 valence electrons. The quantitative estimate of drug-likeness (QED) is 0.717. The third-order valence-electron chi connectivity index (χ3n) is 3.09. The van der Waals surface area contributed by atoms with Crippen molar-refractivity contribution in [1.29, 1.82) is 0 Å². The molecule has 0 fully saturated rings. The van der Waals surface area contributed by atoms with E-state index in [0.717, 1.165) is 22.7 Å². The zero-order valence-electron chi connectivity index (χ0n) is 11.1. The molecule has 0 spiro atoms. The number of fused-ring (bicyclic) bond motifs is 1. The van der Waals surface area contributed by atoms with Gasteiger partial charge >= 0.3 is 0 Å². The van der Waals surface area contributed by atoms with Crippen LogP contribution in [-0.2, 0) is 6.42 Å². The molecule has 19 heavy (non-hydrogen) atoms. The summed E-state index contributed by atoms with van der Waals surface area (Å²) in [5.74, 6) is 0.938. The topological polar surface area (TPSA) is 26.5 Å². The van der Waals surface area contributed by atoms with Gasteiger partial charge in [-0.15, -0.1) is 11.3 Å². The molecule has 1 aromatic carbocycles. The molecule has 4 heteroatoms. The van der Waals surface area contributed by atoms with Crippen LogP contribution in [0.25, 0.3) is 16.2 Å². The number of hydrogen-bond acceptors (Lipinski definition) is 3. The summed E-state index contributed by atoms with van der Waals surface area (Å²) in [6, 6.07) is 8.21. The average Bonchev–Trinajstić information content (AvgIpc) is 2.99. The molecule has 2 heterocycles. The molecular formula is C15H16N2OS. The number of nitrogens with zero attached hydrogens (tertiary/aromatic N) is 2. The van der Waals surface area contributed by atoms with Crippen LogP contribution in [0.3, 0.4) is 0 Å². The standard InChI is InChI=1S/C15H16N2OS/c1-3-13-14(17-10-9-16-15(17)19-13)11-7-5-6-8-12(11)18-4-2/h5-10H,3-4H2,1-2H3. The van der Waals surface area contributed by atoms with E-state index in [1.165, 1.54) is 10.6 Å². The fourth-order valence-electron chi connectivity index (χ4n) is 2.29. The van der Waals surface area contributed by atoms with Crippen molar-refractivity contribution in [2.75, 3.05) is 6.61 Å². The number of aryl methyl sites for hydroxylation is 1. The number of rotatable bonds is 4. The highest BCUT2D eigenvalue weighted by molar-refractivity contribution is 7.17. The molecule has 0 aliphatic carbocycles. The minimum absolute atomic E-state index is 0.676. The summed E-state index contributed by atoms with van der Waals surface area (Å²) in [5, 5.41) is 0. The zero-order chi connectivity index (χ0) is 13.2. The first kappa shape index (κ1) is 12.2. The van der Waals surface area contributed by atoms with Crippen LogP contribution in [0.2, 0.25) is 0 Å². The molecule has 0 atom stereocenters. The lowest BCUT2D eigenvalue weighted by Gasteiger charge is -2.10. The molecule has 0 bridgehead atoms. The first-order chi connectivity index (χ1) is 9.35. The van der Waals surface area contributed by atoms with Gasteiger partial charge in [-0.05, 0) is 25.5 Å². The van der Waals surface area contributed by atoms with Crippen LogP contribution in [0.15, 0.2) is 36.7 Å². The van der Waals surface area contributed by atoms with Crippen molar-refractivity contribution >= 4 is 16.3 Å². The number of benzene rings is 1. The van der Waals surface area contributed by atoms with Crippen molar-refractivity contribution in [2.45, 2.75) is 20.3 Å². The molecule has 0 amide bonds. The Balaban J connectivity index is 2.25. The van der Waals surface area contributed by atoms with E-state index in [1.807, 2.05) is 31.5 Å². The molecule has 0 aliphatic heterocycles. The lowest BCUT2D eigenvalue weighted by atomic mass is 10.1. The minimum atomic E-state index is 0.676. The second-order valence-electron chi connectivity index (χ2n) is 4.24. The Morgan fingerprint density at radius 1 is 1.26 bits per heavy atom. The Morgan fingerprint density at radius 2 is 2.11 bits per heavy atom. The van der Waals surface area contributed by atoms with E-state index >= 15 is 0 Å². The summed E-state index contributed by atoms with van der Waals surface area (Å²) in [5.41, 5.74) is 2.36. The van der Waals surface area contributed by atoms with Crippen LogP contribution < -0.4 is 4.74 Å². The van der Waals surface area contributed by atoms with Gasteiger partial charge in [0.1, 0.15) is 5.75 Å². The predicted molar refractivity (Wildman–Crippen MR) is 79.1 cm³/mol. The lowest BCUT2D eigenvalue weighted by Crippen LogP contribution is -1.96. The van der Waals surface area contributed by atoms with E-state index in [2.05, 4.69) is 28.4 Å². The Morgan fingerprint density at radius 3 is 2.89 bits per heavy atom. The van der Waals surface area contributed by atoms with E-state index in [1.54, 1.807) is 11.3 Å². The molecule has 0 N–H and O–H groups in total. The monoisotopic (exact) mass is 272 g/mol. The van der Waals surface area contributed by atoms with Gasteiger partial charge in [-0.2, -0.15) is 0 Å². The third kappa shape index (κ3) is 2.02. The van der Waals surface area contributed by atoms with Gasteiger partial charge in [0.05, 0.1) is 12.3 Å². The molecule has 0 saturated heterocycles. The smallest absolute Gasteiger partial charge is 0.194 e. The maximum absolute atomic E-state index is 5.76. The van der Waals surface area contributed by atoms with E-state index < -0.39 is 0 Å². The minimum Gasteiger partial charge on any atom is -0.493 e. The van der Waals surface area contributed by atoms with Gasteiger partial charge in [-0.3, -0.25) is 4.40 Å². The highest BCUT2D eigenvalue weighted by Crippen LogP contribution is 2.36. The number of aromatic nitrogens is 2. The first-order valence-corrected chi connectivity index (χ1v) is 7.33. The van der Waals surface area contributed by atoms with Crippen LogP contribution in [-0.4, -0.2) is 16.0 Å². The predicted octanol–water partition coefficient (Wildman–Crippen LogP) is 4.02. The van der Waals surface area contributed by atoms with Crippen LogP contribution in [0.5, 0.6) is 5.75 Å². The fourth-order valence-corrected chi connectivity index (χ4v) is 3.33. The van der Waals surface area contributed by atoms with Crippen LogP contribution >= 0.6 is 11.3 Å². The average molecular weight is 272 g/mol. The van der Waals surface area contributed by atoms with Crippen molar-refractivity contribution in [3.8, 4) is 17.0 Å². The summed E-state index contributed by atoms with van der Waals surface area (Å²) >= 11 is 1.75. The summed E-state index contributed by atoms with van der Waals surface area (Å²) in [6.45, 7) is 4.87. The molecular weight excluding hydrogens is 256 g/mol. The van der Waals surface area contributed by atoms with E-state index in [0.29, 0.717) is 6.61 Å². The van der Waals surface area contributed by atoms with Crippen molar-refractivity contribution in [3.05, 3.63) is 41.5 Å². The number of thiazole rings is 1. The van der Waals surface area contributed by atoms with E-state index in [9.17, 15) is 0 Å². The SMILES string of the molecule is CCOc1ccccc1-c1c(CC)sc2nccn12. The normalized spacial score (nSPS) is 11.1. The molecule has 0 radical (unpaired) electrons. The second kappa shape index (κ2) is 5.05. The van der Waals surface area contributed by atoms with Gasteiger partial charge in [0.25, 0.3) is 0 Å². The maximum atomic E-state index is 5.76. The van der Waals surface area contributed by atoms with Gasteiger partial charge in [0, 0.05) is 22.8 Å². The summed E-state index contributed by atoms with van der Waals surface area (Å²) in [6.07, 6.45) is 4.87. The Labute approximate surface area is 116 Å². The molecule has 0 saturated carbocycles. The zero-order valence-corrected chi connectivity index (χ0v) is 11.9. The van der Waals surface area contributed by atoms with Crippen molar-refractivity contribution in [3.63, 3.8) is 0 Å². The van der Waals surface area contributed by atoms with Crippen LogP contribution in [0, 0.1) is 0 Å². The summed E-state index contributed by atoms with van der Waals surface area (Å²) in [7, 11) is 0. The summed E-state index contributed by atoms with van der Waals surface area (Å²) in [4.78, 5) is 6.77. The molecule has 0 aliphatic rings. The molecule has 2 aromatic heterocycles. The fraction of sp³-hybridized carbons (Fsp3) is 0.267. The number of imidazole rings is 1. The maximum Gasteiger partial charge on any atom is 0.194 e. The number of ether oxygens (including phenoxy) is 1. The van der Waals surface area contributed by atoms with Crippen molar-refractivity contribution < 1.29 is 4.74 Å². The molecule has 3 nitrogen and oxygen atoms in total. The second-order valence-corrected chi connectivity index (χ2v) is 5.30.